The number of methoxy groups -OCH3 is 2. The normalized spacial score (nSPS) is 16.2. The van der Waals surface area contributed by atoms with Crippen LogP contribution in [0.15, 0.2) is 54.6 Å². The Bertz CT molecular complexity index is 965. The molecule has 0 saturated heterocycles. The van der Waals surface area contributed by atoms with Crippen LogP contribution in [0.4, 0.5) is 5.69 Å². The number of carbonyl (C=O) groups excluding carboxylic acids is 1. The van der Waals surface area contributed by atoms with E-state index in [1.807, 2.05) is 42.5 Å². The maximum atomic E-state index is 12.3. The van der Waals surface area contributed by atoms with Crippen LogP contribution in [0.5, 0.6) is 11.5 Å². The largest absolute Gasteiger partial charge is 0.497 e. The molecule has 1 atom stereocenters. The lowest BCUT2D eigenvalue weighted by Crippen LogP contribution is -2.24. The molecule has 1 aliphatic rings. The van der Waals surface area contributed by atoms with Crippen molar-refractivity contribution in [3.8, 4) is 11.5 Å². The van der Waals surface area contributed by atoms with Crippen molar-refractivity contribution in [1.29, 1.82) is 0 Å². The highest BCUT2D eigenvalue weighted by Crippen LogP contribution is 2.44. The second kappa shape index (κ2) is 6.13. The molecule has 4 heteroatoms. The maximum absolute atomic E-state index is 12.3. The first kappa shape index (κ1) is 15.5. The zero-order valence-electron chi connectivity index (χ0n) is 14.2. The van der Waals surface area contributed by atoms with Crippen molar-refractivity contribution in [3.63, 3.8) is 0 Å². The van der Waals surface area contributed by atoms with Crippen LogP contribution in [-0.4, -0.2) is 20.1 Å². The molecule has 4 nitrogen and oxygen atoms in total. The van der Waals surface area contributed by atoms with Gasteiger partial charge in [0.05, 0.1) is 14.2 Å². The average molecular weight is 333 g/mol. The number of carbonyl (C=O) groups is 1. The summed E-state index contributed by atoms with van der Waals surface area (Å²) >= 11 is 0. The molecule has 1 heterocycles. The fourth-order valence-electron chi connectivity index (χ4n) is 3.65. The first-order valence-electron chi connectivity index (χ1n) is 8.24. The predicted octanol–water partition coefficient (Wildman–Crippen LogP) is 4.33. The number of anilines is 1. The van der Waals surface area contributed by atoms with Gasteiger partial charge in [0.1, 0.15) is 11.5 Å². The Morgan fingerprint density at radius 1 is 1.00 bits per heavy atom. The molecule has 4 rings (SSSR count). The van der Waals surface area contributed by atoms with Gasteiger partial charge in [-0.3, -0.25) is 4.79 Å². The summed E-state index contributed by atoms with van der Waals surface area (Å²) in [5, 5.41) is 5.31. The van der Waals surface area contributed by atoms with E-state index in [1.165, 1.54) is 0 Å². The monoisotopic (exact) mass is 333 g/mol. The molecule has 1 aliphatic heterocycles. The topological polar surface area (TPSA) is 47.6 Å². The van der Waals surface area contributed by atoms with Crippen LogP contribution in [0.25, 0.3) is 10.8 Å². The van der Waals surface area contributed by atoms with Crippen LogP contribution >= 0.6 is 0 Å². The SMILES string of the molecule is COc1ccc(OC)c([C@@H]2CC(=O)Nc3ccc4ccccc4c32)c1. The molecule has 1 amide bonds. The van der Waals surface area contributed by atoms with E-state index < -0.39 is 0 Å². The molecule has 25 heavy (non-hydrogen) atoms. The lowest BCUT2D eigenvalue weighted by molar-refractivity contribution is -0.116. The molecule has 3 aromatic carbocycles. The van der Waals surface area contributed by atoms with E-state index in [0.29, 0.717) is 6.42 Å². The van der Waals surface area contributed by atoms with Gasteiger partial charge < -0.3 is 14.8 Å². The van der Waals surface area contributed by atoms with E-state index in [4.69, 9.17) is 9.47 Å². The summed E-state index contributed by atoms with van der Waals surface area (Å²) in [7, 11) is 3.29. The number of ether oxygens (including phenoxy) is 2. The van der Waals surface area contributed by atoms with E-state index in [0.717, 1.165) is 39.1 Å². The zero-order chi connectivity index (χ0) is 17.4. The number of benzene rings is 3. The first-order valence-corrected chi connectivity index (χ1v) is 8.24. The lowest BCUT2D eigenvalue weighted by atomic mass is 9.81. The number of nitrogens with one attached hydrogen (secondary N) is 1. The molecule has 0 unspecified atom stereocenters. The number of rotatable bonds is 3. The van der Waals surface area contributed by atoms with Crippen LogP contribution in [0.1, 0.15) is 23.5 Å². The summed E-state index contributed by atoms with van der Waals surface area (Å²) in [5.41, 5.74) is 2.96. The molecule has 0 aromatic heterocycles. The van der Waals surface area contributed by atoms with Gasteiger partial charge in [0, 0.05) is 23.6 Å². The molecule has 1 N–H and O–H groups in total. The molecule has 126 valence electrons. The summed E-state index contributed by atoms with van der Waals surface area (Å²) in [6, 6.07) is 18.0. The van der Waals surface area contributed by atoms with Crippen molar-refractivity contribution >= 4 is 22.4 Å². The highest BCUT2D eigenvalue weighted by Gasteiger charge is 2.30. The average Bonchev–Trinajstić information content (AvgIpc) is 2.66. The Kier molecular flexibility index (Phi) is 3.80. The van der Waals surface area contributed by atoms with Crippen molar-refractivity contribution in [3.05, 3.63) is 65.7 Å². The predicted molar refractivity (Wildman–Crippen MR) is 98.6 cm³/mol. The Labute approximate surface area is 146 Å². The van der Waals surface area contributed by atoms with Gasteiger partial charge in [-0.15, -0.1) is 0 Å². The number of amides is 1. The van der Waals surface area contributed by atoms with Crippen LogP contribution in [0.3, 0.4) is 0 Å². The van der Waals surface area contributed by atoms with E-state index >= 15 is 0 Å². The fourth-order valence-corrected chi connectivity index (χ4v) is 3.65. The Balaban J connectivity index is 1.99. The van der Waals surface area contributed by atoms with Gasteiger partial charge in [-0.1, -0.05) is 30.3 Å². The molecule has 0 fully saturated rings. The Hall–Kier alpha value is -3.01. The minimum atomic E-state index is -0.0834. The highest BCUT2D eigenvalue weighted by atomic mass is 16.5. The number of hydrogen-bond donors (Lipinski definition) is 1. The fraction of sp³-hybridized carbons (Fsp3) is 0.190. The van der Waals surface area contributed by atoms with Crippen LogP contribution in [0.2, 0.25) is 0 Å². The van der Waals surface area contributed by atoms with Crippen molar-refractivity contribution in [1.82, 2.24) is 0 Å². The first-order chi connectivity index (χ1) is 12.2. The lowest BCUT2D eigenvalue weighted by Gasteiger charge is -2.28. The standard InChI is InChI=1S/C21H19NO3/c1-24-14-8-10-19(25-2)16(11-14)17-12-20(23)22-18-9-7-13-5-3-4-6-15(13)21(17)18/h3-11,17H,12H2,1-2H3,(H,22,23)/t17-/m0/s1. The smallest absolute Gasteiger partial charge is 0.225 e. The van der Waals surface area contributed by atoms with Gasteiger partial charge in [-0.25, -0.2) is 0 Å². The molecule has 0 saturated carbocycles. The van der Waals surface area contributed by atoms with E-state index in [2.05, 4.69) is 17.4 Å². The van der Waals surface area contributed by atoms with Gasteiger partial charge in [0.2, 0.25) is 5.91 Å². The van der Waals surface area contributed by atoms with E-state index in [-0.39, 0.29) is 11.8 Å². The van der Waals surface area contributed by atoms with Crippen LogP contribution in [0, 0.1) is 0 Å². The third-order valence-corrected chi connectivity index (χ3v) is 4.80. The minimum absolute atomic E-state index is 0.0117. The molecular formula is C21H19NO3. The van der Waals surface area contributed by atoms with Gasteiger partial charge in [-0.05, 0) is 40.6 Å². The maximum Gasteiger partial charge on any atom is 0.225 e. The van der Waals surface area contributed by atoms with Crippen LogP contribution in [-0.2, 0) is 4.79 Å². The molecule has 0 radical (unpaired) electrons. The summed E-state index contributed by atoms with van der Waals surface area (Å²) in [6.45, 7) is 0. The number of hydrogen-bond acceptors (Lipinski definition) is 3. The van der Waals surface area contributed by atoms with Crippen molar-refractivity contribution in [2.45, 2.75) is 12.3 Å². The summed E-state index contributed by atoms with van der Waals surface area (Å²) in [6.07, 6.45) is 0.379. The summed E-state index contributed by atoms with van der Waals surface area (Å²) < 4.78 is 11.0. The van der Waals surface area contributed by atoms with Crippen molar-refractivity contribution in [2.24, 2.45) is 0 Å². The minimum Gasteiger partial charge on any atom is -0.497 e. The third kappa shape index (κ3) is 2.60. The van der Waals surface area contributed by atoms with Crippen LogP contribution < -0.4 is 14.8 Å². The van der Waals surface area contributed by atoms with E-state index in [1.54, 1.807) is 14.2 Å². The molecule has 0 spiro atoms. The quantitative estimate of drug-likeness (QED) is 0.776. The summed E-state index contributed by atoms with van der Waals surface area (Å²) in [5.74, 6) is 1.44. The second-order valence-electron chi connectivity index (χ2n) is 6.16. The number of fused-ring (bicyclic) bond motifs is 3. The highest BCUT2D eigenvalue weighted by molar-refractivity contribution is 6.01. The third-order valence-electron chi connectivity index (χ3n) is 4.80. The molecule has 0 bridgehead atoms. The van der Waals surface area contributed by atoms with Gasteiger partial charge >= 0.3 is 0 Å². The van der Waals surface area contributed by atoms with Gasteiger partial charge in [0.15, 0.2) is 0 Å². The Morgan fingerprint density at radius 2 is 1.84 bits per heavy atom. The van der Waals surface area contributed by atoms with Crippen molar-refractivity contribution in [2.75, 3.05) is 19.5 Å². The zero-order valence-corrected chi connectivity index (χ0v) is 14.2. The van der Waals surface area contributed by atoms with Crippen molar-refractivity contribution < 1.29 is 14.3 Å². The van der Waals surface area contributed by atoms with Gasteiger partial charge in [0.25, 0.3) is 0 Å². The molecule has 3 aromatic rings. The second-order valence-corrected chi connectivity index (χ2v) is 6.16. The van der Waals surface area contributed by atoms with E-state index in [9.17, 15) is 4.79 Å². The van der Waals surface area contributed by atoms with Gasteiger partial charge in [-0.2, -0.15) is 0 Å². The molecular weight excluding hydrogens is 314 g/mol. The Morgan fingerprint density at radius 3 is 2.64 bits per heavy atom. The molecule has 0 aliphatic carbocycles. The summed E-state index contributed by atoms with van der Waals surface area (Å²) in [4.78, 5) is 12.3.